The molecule has 0 spiro atoms. The van der Waals surface area contributed by atoms with Crippen LogP contribution in [-0.4, -0.2) is 10.9 Å². The normalized spacial score (nSPS) is 10.2. The van der Waals surface area contributed by atoms with Crippen molar-refractivity contribution in [2.75, 3.05) is 5.32 Å². The predicted octanol–water partition coefficient (Wildman–Crippen LogP) is 3.43. The molecule has 1 aromatic carbocycles. The van der Waals surface area contributed by atoms with Gasteiger partial charge in [-0.05, 0) is 43.3 Å². The summed E-state index contributed by atoms with van der Waals surface area (Å²) in [4.78, 5) is 15.9. The Morgan fingerprint density at radius 2 is 1.89 bits per heavy atom. The second-order valence-electron chi connectivity index (χ2n) is 3.75. The quantitative estimate of drug-likeness (QED) is 0.845. The number of rotatable bonds is 2. The maximum absolute atomic E-state index is 12.7. The van der Waals surface area contributed by atoms with Crippen LogP contribution in [0.2, 0.25) is 5.15 Å². The van der Waals surface area contributed by atoms with E-state index in [1.54, 1.807) is 19.1 Å². The summed E-state index contributed by atoms with van der Waals surface area (Å²) in [5.74, 6) is -0.746. The minimum absolute atomic E-state index is 0.227. The molecule has 1 amide bonds. The molecule has 0 aliphatic carbocycles. The Morgan fingerprint density at radius 1 is 1.22 bits per heavy atom. The summed E-state index contributed by atoms with van der Waals surface area (Å²) in [5.41, 5.74) is 1.55. The van der Waals surface area contributed by atoms with Gasteiger partial charge < -0.3 is 5.32 Å². The van der Waals surface area contributed by atoms with Gasteiger partial charge in [-0.15, -0.1) is 0 Å². The van der Waals surface area contributed by atoms with Crippen LogP contribution in [0.4, 0.5) is 10.1 Å². The SMILES string of the molecule is Cc1ccc(NC(=O)c2ccc(F)cc2)c(Cl)n1. The van der Waals surface area contributed by atoms with Crippen molar-refractivity contribution >= 4 is 23.2 Å². The van der Waals surface area contributed by atoms with Crippen LogP contribution in [0.15, 0.2) is 36.4 Å². The van der Waals surface area contributed by atoms with Gasteiger partial charge in [0.25, 0.3) is 5.91 Å². The summed E-state index contributed by atoms with van der Waals surface area (Å²) in [6, 6.07) is 8.67. The molecule has 5 heteroatoms. The molecule has 0 bridgehead atoms. The molecule has 0 aliphatic heterocycles. The number of pyridine rings is 1. The summed E-state index contributed by atoms with van der Waals surface area (Å²) < 4.78 is 12.7. The number of aryl methyl sites for hydroxylation is 1. The molecule has 0 fully saturated rings. The molecule has 0 radical (unpaired) electrons. The van der Waals surface area contributed by atoms with E-state index >= 15 is 0 Å². The second-order valence-corrected chi connectivity index (χ2v) is 4.11. The molecule has 1 N–H and O–H groups in total. The number of amides is 1. The Morgan fingerprint density at radius 3 is 2.50 bits per heavy atom. The van der Waals surface area contributed by atoms with Crippen LogP contribution in [0, 0.1) is 12.7 Å². The zero-order chi connectivity index (χ0) is 13.1. The molecular weight excluding hydrogens is 255 g/mol. The fraction of sp³-hybridized carbons (Fsp3) is 0.0769. The second kappa shape index (κ2) is 5.14. The van der Waals surface area contributed by atoms with Gasteiger partial charge in [0.2, 0.25) is 0 Å². The number of hydrogen-bond donors (Lipinski definition) is 1. The highest BCUT2D eigenvalue weighted by Crippen LogP contribution is 2.20. The fourth-order valence-electron chi connectivity index (χ4n) is 1.41. The van der Waals surface area contributed by atoms with E-state index < -0.39 is 0 Å². The van der Waals surface area contributed by atoms with Crippen molar-refractivity contribution in [1.82, 2.24) is 4.98 Å². The van der Waals surface area contributed by atoms with Crippen molar-refractivity contribution in [3.05, 3.63) is 58.6 Å². The predicted molar refractivity (Wildman–Crippen MR) is 68.3 cm³/mol. The Labute approximate surface area is 109 Å². The number of nitrogens with zero attached hydrogens (tertiary/aromatic N) is 1. The van der Waals surface area contributed by atoms with Gasteiger partial charge in [0.15, 0.2) is 5.15 Å². The average Bonchev–Trinajstić information content (AvgIpc) is 2.33. The third-order valence-corrected chi connectivity index (χ3v) is 2.63. The number of benzene rings is 1. The van der Waals surface area contributed by atoms with Crippen molar-refractivity contribution in [2.24, 2.45) is 0 Å². The molecule has 92 valence electrons. The van der Waals surface area contributed by atoms with Crippen LogP contribution in [0.3, 0.4) is 0 Å². The largest absolute Gasteiger partial charge is 0.319 e. The van der Waals surface area contributed by atoms with Crippen molar-refractivity contribution in [3.8, 4) is 0 Å². The summed E-state index contributed by atoms with van der Waals surface area (Å²) >= 11 is 5.90. The smallest absolute Gasteiger partial charge is 0.255 e. The maximum Gasteiger partial charge on any atom is 0.255 e. The fourth-order valence-corrected chi connectivity index (χ4v) is 1.66. The lowest BCUT2D eigenvalue weighted by Crippen LogP contribution is -2.12. The van der Waals surface area contributed by atoms with Crippen molar-refractivity contribution < 1.29 is 9.18 Å². The first kappa shape index (κ1) is 12.5. The van der Waals surface area contributed by atoms with Gasteiger partial charge in [0, 0.05) is 11.3 Å². The first-order chi connectivity index (χ1) is 8.56. The summed E-state index contributed by atoms with van der Waals surface area (Å²) in [6.45, 7) is 1.80. The zero-order valence-corrected chi connectivity index (χ0v) is 10.3. The molecule has 0 saturated carbocycles. The number of nitrogens with one attached hydrogen (secondary N) is 1. The number of aromatic nitrogens is 1. The molecule has 1 heterocycles. The van der Waals surface area contributed by atoms with Gasteiger partial charge in [-0.3, -0.25) is 4.79 Å². The molecule has 0 aliphatic rings. The van der Waals surface area contributed by atoms with Crippen molar-refractivity contribution in [2.45, 2.75) is 6.92 Å². The molecule has 18 heavy (non-hydrogen) atoms. The maximum atomic E-state index is 12.7. The molecule has 2 aromatic rings. The highest BCUT2D eigenvalue weighted by molar-refractivity contribution is 6.32. The number of anilines is 1. The highest BCUT2D eigenvalue weighted by atomic mass is 35.5. The molecule has 0 atom stereocenters. The van der Waals surface area contributed by atoms with E-state index in [0.29, 0.717) is 11.3 Å². The third-order valence-electron chi connectivity index (χ3n) is 2.34. The molecular formula is C13H10ClFN2O. The lowest BCUT2D eigenvalue weighted by Gasteiger charge is -2.07. The molecule has 0 unspecified atom stereocenters. The van der Waals surface area contributed by atoms with Crippen LogP contribution in [-0.2, 0) is 0 Å². The molecule has 0 saturated heterocycles. The standard InChI is InChI=1S/C13H10ClFN2O/c1-8-2-7-11(12(14)16-8)17-13(18)9-3-5-10(15)6-4-9/h2-7H,1H3,(H,17,18). The summed E-state index contributed by atoms with van der Waals surface area (Å²) in [7, 11) is 0. The Balaban J connectivity index is 2.18. The Bertz CT molecular complexity index is 584. The number of halogens is 2. The third kappa shape index (κ3) is 2.84. The van der Waals surface area contributed by atoms with E-state index in [0.717, 1.165) is 5.69 Å². The minimum atomic E-state index is -0.387. The van der Waals surface area contributed by atoms with Crippen LogP contribution in [0.1, 0.15) is 16.1 Å². The van der Waals surface area contributed by atoms with Crippen LogP contribution in [0.25, 0.3) is 0 Å². The van der Waals surface area contributed by atoms with Gasteiger partial charge in [0.05, 0.1) is 5.69 Å². The van der Waals surface area contributed by atoms with Crippen LogP contribution in [0.5, 0.6) is 0 Å². The zero-order valence-electron chi connectivity index (χ0n) is 9.58. The van der Waals surface area contributed by atoms with E-state index in [4.69, 9.17) is 11.6 Å². The minimum Gasteiger partial charge on any atom is -0.319 e. The highest BCUT2D eigenvalue weighted by Gasteiger charge is 2.09. The van der Waals surface area contributed by atoms with Crippen molar-refractivity contribution in [1.29, 1.82) is 0 Å². The first-order valence-electron chi connectivity index (χ1n) is 5.26. The number of carbonyl (C=O) groups is 1. The van der Waals surface area contributed by atoms with Crippen LogP contribution >= 0.6 is 11.6 Å². The van der Waals surface area contributed by atoms with Gasteiger partial charge in [-0.1, -0.05) is 11.6 Å². The van der Waals surface area contributed by atoms with E-state index in [-0.39, 0.29) is 16.9 Å². The Hall–Kier alpha value is -1.94. The lowest BCUT2D eigenvalue weighted by atomic mass is 10.2. The average molecular weight is 265 g/mol. The van der Waals surface area contributed by atoms with E-state index in [2.05, 4.69) is 10.3 Å². The van der Waals surface area contributed by atoms with Crippen LogP contribution < -0.4 is 5.32 Å². The summed E-state index contributed by atoms with van der Waals surface area (Å²) in [6.07, 6.45) is 0. The molecule has 3 nitrogen and oxygen atoms in total. The topological polar surface area (TPSA) is 42.0 Å². The van der Waals surface area contributed by atoms with Gasteiger partial charge in [-0.25, -0.2) is 9.37 Å². The Kier molecular flexibility index (Phi) is 3.58. The summed E-state index contributed by atoms with van der Waals surface area (Å²) in [5, 5.41) is 2.84. The lowest BCUT2D eigenvalue weighted by molar-refractivity contribution is 0.102. The van der Waals surface area contributed by atoms with Gasteiger partial charge >= 0.3 is 0 Å². The van der Waals surface area contributed by atoms with Crippen molar-refractivity contribution in [3.63, 3.8) is 0 Å². The first-order valence-corrected chi connectivity index (χ1v) is 5.64. The van der Waals surface area contributed by atoms with E-state index in [9.17, 15) is 9.18 Å². The number of carbonyl (C=O) groups excluding carboxylic acids is 1. The monoisotopic (exact) mass is 264 g/mol. The number of hydrogen-bond acceptors (Lipinski definition) is 2. The van der Waals surface area contributed by atoms with Gasteiger partial charge in [-0.2, -0.15) is 0 Å². The van der Waals surface area contributed by atoms with E-state index in [1.807, 2.05) is 0 Å². The van der Waals surface area contributed by atoms with E-state index in [1.165, 1.54) is 24.3 Å². The molecule has 1 aromatic heterocycles. The molecule has 2 rings (SSSR count). The van der Waals surface area contributed by atoms with Gasteiger partial charge in [0.1, 0.15) is 5.82 Å².